The first-order chi connectivity index (χ1) is 9.29. The molecule has 4 rings (SSSR count). The van der Waals surface area contributed by atoms with Crippen LogP contribution < -0.4 is 4.90 Å². The van der Waals surface area contributed by atoms with Gasteiger partial charge >= 0.3 is 0 Å². The predicted octanol–water partition coefficient (Wildman–Crippen LogP) is 3.61. The van der Waals surface area contributed by atoms with Crippen molar-refractivity contribution in [2.75, 3.05) is 18.0 Å². The number of hydrogen-bond acceptors (Lipinski definition) is 2. The second-order valence-electron chi connectivity index (χ2n) is 5.94. The summed E-state index contributed by atoms with van der Waals surface area (Å²) in [6, 6.07) is 6.91. The molecule has 1 aliphatic heterocycles. The van der Waals surface area contributed by atoms with Gasteiger partial charge in [0.2, 0.25) is 0 Å². The van der Waals surface area contributed by atoms with Gasteiger partial charge in [-0.15, -0.1) is 0 Å². The third kappa shape index (κ3) is 1.88. The van der Waals surface area contributed by atoms with E-state index in [-0.39, 0.29) is 5.82 Å². The molecule has 2 heterocycles. The molecule has 1 aliphatic carbocycles. The number of nitrogens with zero attached hydrogens (tertiary/aromatic N) is 2. The average Bonchev–Trinajstić information content (AvgIpc) is 2.77. The molecule has 2 aliphatic rings. The maximum Gasteiger partial charge on any atom is 0.124 e. The van der Waals surface area contributed by atoms with Crippen LogP contribution in [0.15, 0.2) is 30.5 Å². The van der Waals surface area contributed by atoms with Gasteiger partial charge in [-0.25, -0.2) is 4.39 Å². The van der Waals surface area contributed by atoms with Crippen LogP contribution in [0.25, 0.3) is 10.9 Å². The Balaban J connectivity index is 1.80. The van der Waals surface area contributed by atoms with Crippen molar-refractivity contribution in [2.24, 2.45) is 11.8 Å². The van der Waals surface area contributed by atoms with E-state index in [2.05, 4.69) is 9.88 Å². The third-order valence-corrected chi connectivity index (χ3v) is 4.63. The summed E-state index contributed by atoms with van der Waals surface area (Å²) in [4.78, 5) is 6.78. The van der Waals surface area contributed by atoms with Gasteiger partial charge in [-0.2, -0.15) is 0 Å². The van der Waals surface area contributed by atoms with Crippen LogP contribution >= 0.6 is 0 Å². The number of anilines is 1. The van der Waals surface area contributed by atoms with Crippen LogP contribution in [0.4, 0.5) is 10.1 Å². The summed E-state index contributed by atoms with van der Waals surface area (Å²) in [5.74, 6) is 1.48. The fraction of sp³-hybridized carbons (Fsp3) is 0.438. The standard InChI is InChI=1S/C16H17FN2/c17-13-3-4-15-14(8-13)16(5-6-18-15)19-9-11-1-2-12(7-11)10-19/h3-6,8,11-12H,1-2,7,9-10H2. The molecule has 2 unspecified atom stereocenters. The van der Waals surface area contributed by atoms with Gasteiger partial charge in [-0.05, 0) is 55.4 Å². The number of piperidine rings is 1. The van der Waals surface area contributed by atoms with Crippen molar-refractivity contribution in [1.29, 1.82) is 0 Å². The Kier molecular flexibility index (Phi) is 2.47. The molecule has 0 N–H and O–H groups in total. The Morgan fingerprint density at radius 2 is 1.89 bits per heavy atom. The van der Waals surface area contributed by atoms with Crippen LogP contribution in [0, 0.1) is 17.7 Å². The van der Waals surface area contributed by atoms with E-state index in [1.807, 2.05) is 12.3 Å². The molecule has 2 nitrogen and oxygen atoms in total. The molecule has 2 atom stereocenters. The topological polar surface area (TPSA) is 16.1 Å². The van der Waals surface area contributed by atoms with E-state index in [1.54, 1.807) is 12.1 Å². The minimum Gasteiger partial charge on any atom is -0.370 e. The first-order valence-corrected chi connectivity index (χ1v) is 7.09. The van der Waals surface area contributed by atoms with Crippen LogP contribution in [-0.4, -0.2) is 18.1 Å². The first kappa shape index (κ1) is 11.2. The summed E-state index contributed by atoms with van der Waals surface area (Å²) in [5.41, 5.74) is 2.04. The van der Waals surface area contributed by atoms with Crippen molar-refractivity contribution in [3.8, 4) is 0 Å². The molecule has 1 saturated heterocycles. The molecule has 2 fully saturated rings. The second-order valence-corrected chi connectivity index (χ2v) is 5.94. The molecule has 2 aromatic rings. The quantitative estimate of drug-likeness (QED) is 0.775. The summed E-state index contributed by atoms with van der Waals surface area (Å²) in [7, 11) is 0. The summed E-state index contributed by atoms with van der Waals surface area (Å²) < 4.78 is 13.5. The van der Waals surface area contributed by atoms with Crippen LogP contribution in [0.3, 0.4) is 0 Å². The Bertz CT molecular complexity index is 613. The fourth-order valence-electron chi connectivity index (χ4n) is 3.78. The lowest BCUT2D eigenvalue weighted by Gasteiger charge is -2.34. The molecular formula is C16H17FN2. The van der Waals surface area contributed by atoms with E-state index in [9.17, 15) is 4.39 Å². The van der Waals surface area contributed by atoms with Gasteiger partial charge < -0.3 is 4.90 Å². The third-order valence-electron chi connectivity index (χ3n) is 4.63. The van der Waals surface area contributed by atoms with Crippen LogP contribution in [-0.2, 0) is 0 Å². The van der Waals surface area contributed by atoms with E-state index >= 15 is 0 Å². The molecule has 0 amide bonds. The Hall–Kier alpha value is -1.64. The van der Waals surface area contributed by atoms with Crippen LogP contribution in [0.1, 0.15) is 19.3 Å². The number of halogens is 1. The zero-order valence-electron chi connectivity index (χ0n) is 10.8. The summed E-state index contributed by atoms with van der Waals surface area (Å²) in [5, 5.41) is 0.948. The van der Waals surface area contributed by atoms with E-state index in [1.165, 1.54) is 25.3 Å². The number of rotatable bonds is 1. The minimum absolute atomic E-state index is 0.179. The van der Waals surface area contributed by atoms with Crippen molar-refractivity contribution in [1.82, 2.24) is 4.98 Å². The fourth-order valence-corrected chi connectivity index (χ4v) is 3.78. The molecule has 0 radical (unpaired) electrons. The first-order valence-electron chi connectivity index (χ1n) is 7.09. The highest BCUT2D eigenvalue weighted by Gasteiger charge is 2.33. The molecule has 1 aromatic carbocycles. The maximum atomic E-state index is 13.5. The number of benzene rings is 1. The molecular weight excluding hydrogens is 239 g/mol. The van der Waals surface area contributed by atoms with Crippen LogP contribution in [0.2, 0.25) is 0 Å². The summed E-state index contributed by atoms with van der Waals surface area (Å²) >= 11 is 0. The second kappa shape index (κ2) is 4.19. The van der Waals surface area contributed by atoms with Crippen molar-refractivity contribution in [3.05, 3.63) is 36.3 Å². The number of pyridine rings is 1. The zero-order valence-corrected chi connectivity index (χ0v) is 10.8. The minimum atomic E-state index is -0.179. The smallest absolute Gasteiger partial charge is 0.124 e. The van der Waals surface area contributed by atoms with Crippen molar-refractivity contribution in [3.63, 3.8) is 0 Å². The number of aromatic nitrogens is 1. The monoisotopic (exact) mass is 256 g/mol. The lowest BCUT2D eigenvalue weighted by atomic mass is 9.98. The summed E-state index contributed by atoms with van der Waals surface area (Å²) in [6.07, 6.45) is 5.94. The van der Waals surface area contributed by atoms with Gasteiger partial charge in [0.1, 0.15) is 5.82 Å². The van der Waals surface area contributed by atoms with Gasteiger partial charge in [-0.1, -0.05) is 0 Å². The molecule has 0 spiro atoms. The Labute approximate surface area is 112 Å². The van der Waals surface area contributed by atoms with Gasteiger partial charge in [0.05, 0.1) is 5.52 Å². The van der Waals surface area contributed by atoms with E-state index in [0.29, 0.717) is 0 Å². The highest BCUT2D eigenvalue weighted by Crippen LogP contribution is 2.39. The summed E-state index contributed by atoms with van der Waals surface area (Å²) in [6.45, 7) is 2.23. The zero-order chi connectivity index (χ0) is 12.8. The van der Waals surface area contributed by atoms with Gasteiger partial charge in [0, 0.05) is 30.4 Å². The Morgan fingerprint density at radius 1 is 1.11 bits per heavy atom. The van der Waals surface area contributed by atoms with E-state index < -0.39 is 0 Å². The van der Waals surface area contributed by atoms with Gasteiger partial charge in [-0.3, -0.25) is 4.98 Å². The number of hydrogen-bond donors (Lipinski definition) is 0. The highest BCUT2D eigenvalue weighted by molar-refractivity contribution is 5.91. The van der Waals surface area contributed by atoms with Gasteiger partial charge in [0.15, 0.2) is 0 Å². The maximum absolute atomic E-state index is 13.5. The lowest BCUT2D eigenvalue weighted by Crippen LogP contribution is -2.36. The van der Waals surface area contributed by atoms with Crippen LogP contribution in [0.5, 0.6) is 0 Å². The van der Waals surface area contributed by atoms with Crippen molar-refractivity contribution < 1.29 is 4.39 Å². The highest BCUT2D eigenvalue weighted by atomic mass is 19.1. The van der Waals surface area contributed by atoms with Gasteiger partial charge in [0.25, 0.3) is 0 Å². The van der Waals surface area contributed by atoms with Crippen molar-refractivity contribution >= 4 is 16.6 Å². The molecule has 98 valence electrons. The average molecular weight is 256 g/mol. The predicted molar refractivity (Wildman–Crippen MR) is 74.7 cm³/mol. The van der Waals surface area contributed by atoms with E-state index in [4.69, 9.17) is 0 Å². The number of fused-ring (bicyclic) bond motifs is 3. The SMILES string of the molecule is Fc1ccc2nccc(N3CC4CCC(C4)C3)c2c1. The van der Waals surface area contributed by atoms with E-state index in [0.717, 1.165) is 41.5 Å². The largest absolute Gasteiger partial charge is 0.370 e. The molecule has 19 heavy (non-hydrogen) atoms. The molecule has 3 heteroatoms. The molecule has 1 saturated carbocycles. The van der Waals surface area contributed by atoms with Crippen molar-refractivity contribution in [2.45, 2.75) is 19.3 Å². The lowest BCUT2D eigenvalue weighted by molar-refractivity contribution is 0.422. The molecule has 2 bridgehead atoms. The Morgan fingerprint density at radius 3 is 2.68 bits per heavy atom. The molecule has 1 aromatic heterocycles. The normalized spacial score (nSPS) is 26.1.